The zero-order valence-corrected chi connectivity index (χ0v) is 44.0. The second kappa shape index (κ2) is 21.9. The number of methoxy groups -OCH3 is 2. The monoisotopic (exact) mass is 1100 g/mol. The van der Waals surface area contributed by atoms with Crippen molar-refractivity contribution < 1.29 is 46.0 Å². The molecular formula is C54H52F4N16O6. The fraction of sp³-hybridized carbons (Fsp3) is 0.296. The maximum absolute atomic E-state index is 14.9. The van der Waals surface area contributed by atoms with Crippen molar-refractivity contribution in [3.05, 3.63) is 122 Å². The SMILES string of the molecule is COc1ccc2ncnc(Nc3ccc(Oc4cc5ncnn5cn4)c(C)c3)c2c1O[C@@H]1CCN(C)CC1(F)F.COc1ccc2ncnc(Nc3ccc(Oc4cc5ncnn5cn4)c(C)c3)c2c1O[C@H]1CCN(C)CC1(F)F. The fourth-order valence-corrected chi connectivity index (χ4v) is 9.42. The highest BCUT2D eigenvalue weighted by atomic mass is 19.3. The maximum Gasteiger partial charge on any atom is 0.296 e. The molecule has 12 rings (SSSR count). The Bertz CT molecular complexity index is 3640. The molecule has 2 atom stereocenters. The second-order valence-electron chi connectivity index (χ2n) is 19.2. The van der Waals surface area contributed by atoms with Gasteiger partial charge < -0.3 is 48.9 Å². The number of anilines is 4. The molecule has 2 N–H and O–H groups in total. The average Bonchev–Trinajstić information content (AvgIpc) is 4.14. The maximum atomic E-state index is 14.9. The van der Waals surface area contributed by atoms with Crippen LogP contribution >= 0.6 is 0 Å². The first kappa shape index (κ1) is 52.7. The molecule has 22 nitrogen and oxygen atoms in total. The van der Waals surface area contributed by atoms with E-state index in [-0.39, 0.29) is 37.4 Å². The number of hydrogen-bond donors (Lipinski definition) is 2. The Balaban J connectivity index is 0.000000169. The minimum absolute atomic E-state index is 0.166. The standard InChI is InChI=1S/2C27H26F2N8O3/c2*1-16-10-17(4-6-19(16)39-23-11-22-31-14-34-37(22)15-33-23)35-26-24-18(30-13-32-26)5-7-20(38-3)25(24)40-21-8-9-36(2)12-27(21,28)29/h2*4-7,10-11,13-15,21H,8-9,12H2,1-3H3,(H,30,32,35)/t2*21-/m10/s1. The highest BCUT2D eigenvalue weighted by Crippen LogP contribution is 2.45. The normalized spacial score (nSPS) is 17.2. The highest BCUT2D eigenvalue weighted by molar-refractivity contribution is 5.99. The molecule has 0 saturated carbocycles. The molecule has 6 aromatic heterocycles. The Morgan fingerprint density at radius 1 is 0.512 bits per heavy atom. The van der Waals surface area contributed by atoms with Gasteiger partial charge in [-0.15, -0.1) is 0 Å². The first-order valence-electron chi connectivity index (χ1n) is 25.1. The van der Waals surface area contributed by atoms with Crippen LogP contribution in [0.2, 0.25) is 0 Å². The van der Waals surface area contributed by atoms with Gasteiger partial charge >= 0.3 is 0 Å². The predicted molar refractivity (Wildman–Crippen MR) is 286 cm³/mol. The Labute approximate surface area is 453 Å². The first-order chi connectivity index (χ1) is 38.6. The molecule has 8 heterocycles. The van der Waals surface area contributed by atoms with Crippen LogP contribution in [0.1, 0.15) is 24.0 Å². The number of fused-ring (bicyclic) bond motifs is 4. The third-order valence-electron chi connectivity index (χ3n) is 13.4. The van der Waals surface area contributed by atoms with Gasteiger partial charge in [0.15, 0.2) is 46.5 Å². The highest BCUT2D eigenvalue weighted by Gasteiger charge is 2.47. The molecule has 2 fully saturated rings. The summed E-state index contributed by atoms with van der Waals surface area (Å²) in [6.45, 7) is 4.00. The van der Waals surface area contributed by atoms with Crippen molar-refractivity contribution in [2.45, 2.75) is 50.7 Å². The zero-order valence-electron chi connectivity index (χ0n) is 44.0. The van der Waals surface area contributed by atoms with Crippen molar-refractivity contribution in [2.75, 3.05) is 65.1 Å². The zero-order chi connectivity index (χ0) is 55.7. The van der Waals surface area contributed by atoms with Crippen LogP contribution in [0, 0.1) is 13.8 Å². The van der Waals surface area contributed by atoms with Crippen molar-refractivity contribution in [3.63, 3.8) is 0 Å². The minimum Gasteiger partial charge on any atom is -0.493 e. The van der Waals surface area contributed by atoms with Gasteiger partial charge in [0.05, 0.1) is 49.1 Å². The molecule has 10 aromatic rings. The van der Waals surface area contributed by atoms with E-state index in [2.05, 4.69) is 60.7 Å². The van der Waals surface area contributed by atoms with Crippen molar-refractivity contribution in [1.29, 1.82) is 0 Å². The number of halogens is 4. The van der Waals surface area contributed by atoms with E-state index in [1.807, 2.05) is 38.1 Å². The van der Waals surface area contributed by atoms with E-state index in [4.69, 9.17) is 28.4 Å². The van der Waals surface area contributed by atoms with Gasteiger partial charge in [0, 0.05) is 49.4 Å². The molecule has 0 spiro atoms. The molecule has 412 valence electrons. The smallest absolute Gasteiger partial charge is 0.296 e. The van der Waals surface area contributed by atoms with Crippen LogP contribution in [0.5, 0.6) is 46.3 Å². The summed E-state index contributed by atoms with van der Waals surface area (Å²) in [6, 6.07) is 21.2. The third kappa shape index (κ3) is 11.1. The van der Waals surface area contributed by atoms with Gasteiger partial charge in [-0.3, -0.25) is 0 Å². The number of likely N-dealkylation sites (tertiary alicyclic amines) is 2. The van der Waals surface area contributed by atoms with Gasteiger partial charge in [0.25, 0.3) is 11.8 Å². The number of aryl methyl sites for hydroxylation is 2. The Morgan fingerprint density at radius 3 is 1.34 bits per heavy atom. The van der Waals surface area contributed by atoms with Crippen molar-refractivity contribution in [3.8, 4) is 46.3 Å². The van der Waals surface area contributed by atoms with E-state index in [1.54, 1.807) is 81.5 Å². The number of benzene rings is 4. The van der Waals surface area contributed by atoms with E-state index in [0.29, 0.717) is 104 Å². The van der Waals surface area contributed by atoms with Gasteiger partial charge in [0.1, 0.15) is 61.1 Å². The molecule has 0 bridgehead atoms. The largest absolute Gasteiger partial charge is 0.493 e. The lowest BCUT2D eigenvalue weighted by Crippen LogP contribution is -2.52. The number of alkyl halides is 4. The van der Waals surface area contributed by atoms with Crippen LogP contribution in [0.3, 0.4) is 0 Å². The number of ether oxygens (including phenoxy) is 6. The molecule has 0 aliphatic carbocycles. The number of rotatable bonds is 14. The van der Waals surface area contributed by atoms with Crippen LogP contribution in [0.25, 0.3) is 33.1 Å². The quantitative estimate of drug-likeness (QED) is 0.0968. The van der Waals surface area contributed by atoms with Gasteiger partial charge in [-0.05, 0) is 99.7 Å². The Kier molecular flexibility index (Phi) is 14.4. The fourth-order valence-electron chi connectivity index (χ4n) is 9.42. The van der Waals surface area contributed by atoms with Crippen LogP contribution in [0.15, 0.2) is 111 Å². The summed E-state index contributed by atoms with van der Waals surface area (Å²) in [7, 11) is 6.27. The molecule has 2 aliphatic rings. The van der Waals surface area contributed by atoms with E-state index >= 15 is 0 Å². The molecule has 2 aliphatic heterocycles. The van der Waals surface area contributed by atoms with Gasteiger partial charge in [0.2, 0.25) is 11.8 Å². The second-order valence-corrected chi connectivity index (χ2v) is 19.2. The van der Waals surface area contributed by atoms with Crippen molar-refractivity contribution in [1.82, 2.24) is 68.9 Å². The van der Waals surface area contributed by atoms with Gasteiger partial charge in [-0.2, -0.15) is 10.2 Å². The number of aromatic nitrogens is 12. The van der Waals surface area contributed by atoms with Gasteiger partial charge in [-0.25, -0.2) is 66.5 Å². The molecule has 0 amide bonds. The summed E-state index contributed by atoms with van der Waals surface area (Å²) in [5, 5.41) is 15.5. The number of nitrogens with zero attached hydrogens (tertiary/aromatic N) is 14. The third-order valence-corrected chi connectivity index (χ3v) is 13.4. The van der Waals surface area contributed by atoms with Crippen LogP contribution in [-0.2, 0) is 0 Å². The lowest BCUT2D eigenvalue weighted by molar-refractivity contribution is -0.135. The summed E-state index contributed by atoms with van der Waals surface area (Å²) < 4.78 is 97.7. The molecule has 80 heavy (non-hydrogen) atoms. The molecule has 26 heteroatoms. The summed E-state index contributed by atoms with van der Waals surface area (Å²) >= 11 is 0. The molecule has 2 saturated heterocycles. The van der Waals surface area contributed by atoms with E-state index in [9.17, 15) is 17.6 Å². The predicted octanol–water partition coefficient (Wildman–Crippen LogP) is 9.28. The Hall–Kier alpha value is -9.30. The number of piperidine rings is 2. The van der Waals surface area contributed by atoms with Crippen molar-refractivity contribution >= 4 is 56.1 Å². The van der Waals surface area contributed by atoms with E-state index in [0.717, 1.165) is 11.1 Å². The van der Waals surface area contributed by atoms with Gasteiger partial charge in [-0.1, -0.05) is 0 Å². The van der Waals surface area contributed by atoms with Crippen LogP contribution < -0.4 is 39.1 Å². The molecule has 0 unspecified atom stereocenters. The van der Waals surface area contributed by atoms with E-state index in [1.165, 1.54) is 52.2 Å². The Morgan fingerprint density at radius 2 is 0.938 bits per heavy atom. The summed E-state index contributed by atoms with van der Waals surface area (Å²) in [5.41, 5.74) is 5.32. The summed E-state index contributed by atoms with van der Waals surface area (Å²) in [4.78, 5) is 37.5. The average molecular weight is 1100 g/mol. The first-order valence-corrected chi connectivity index (χ1v) is 25.1. The minimum atomic E-state index is -3.04. The van der Waals surface area contributed by atoms with Crippen molar-refractivity contribution in [2.24, 2.45) is 0 Å². The molecule has 4 aromatic carbocycles. The van der Waals surface area contributed by atoms with Crippen LogP contribution in [0.4, 0.5) is 40.6 Å². The van der Waals surface area contributed by atoms with E-state index < -0.39 is 24.1 Å². The number of hydrogen-bond acceptors (Lipinski definition) is 20. The summed E-state index contributed by atoms with van der Waals surface area (Å²) in [6.07, 6.45) is 6.43. The molecular weight excluding hydrogens is 1040 g/mol. The number of nitrogens with one attached hydrogen (secondary N) is 2. The lowest BCUT2D eigenvalue weighted by Gasteiger charge is -2.36. The molecule has 0 radical (unpaired) electrons. The summed E-state index contributed by atoms with van der Waals surface area (Å²) in [5.74, 6) is -2.36. The topological polar surface area (TPSA) is 224 Å². The van der Waals surface area contributed by atoms with Crippen LogP contribution in [-0.4, -0.2) is 147 Å². The lowest BCUT2D eigenvalue weighted by atomic mass is 10.0.